The first kappa shape index (κ1) is 20.5. The van der Waals surface area contributed by atoms with Crippen LogP contribution in [0, 0.1) is 35.2 Å². The first-order valence-corrected chi connectivity index (χ1v) is 11.3. The van der Waals surface area contributed by atoms with E-state index in [1.807, 2.05) is 12.1 Å². The molecular weight excluding hydrogens is 369 g/mol. The number of hydrogen-bond donors (Lipinski definition) is 0. The Bertz CT molecular complexity index is 803. The molecule has 0 N–H and O–H groups in total. The molecule has 156 valence electrons. The van der Waals surface area contributed by atoms with E-state index >= 15 is 0 Å². The van der Waals surface area contributed by atoms with Gasteiger partial charge in [0.2, 0.25) is 0 Å². The molecule has 0 bridgehead atoms. The van der Waals surface area contributed by atoms with Crippen LogP contribution in [0.5, 0.6) is 0 Å². The molecule has 2 aromatic rings. The number of unbranched alkanes of at least 4 members (excludes halogenated alkanes) is 1. The molecule has 3 heteroatoms. The molecular formula is C26H31F3. The second-order valence-corrected chi connectivity index (χ2v) is 9.23. The molecule has 4 atom stereocenters. The molecule has 0 spiro atoms. The molecule has 0 aromatic heterocycles. The molecule has 4 unspecified atom stereocenters. The van der Waals surface area contributed by atoms with Crippen molar-refractivity contribution in [1.29, 1.82) is 0 Å². The Morgan fingerprint density at radius 3 is 2.14 bits per heavy atom. The van der Waals surface area contributed by atoms with Crippen molar-refractivity contribution in [3.05, 3.63) is 59.4 Å². The summed E-state index contributed by atoms with van der Waals surface area (Å²) in [5.41, 5.74) is 2.42. The molecule has 2 fully saturated rings. The van der Waals surface area contributed by atoms with Gasteiger partial charge in [-0.05, 0) is 84.6 Å². The minimum absolute atomic E-state index is 0.377. The van der Waals surface area contributed by atoms with Gasteiger partial charge in [-0.3, -0.25) is 0 Å². The van der Waals surface area contributed by atoms with Crippen LogP contribution in [0.4, 0.5) is 13.2 Å². The molecule has 0 heterocycles. The molecule has 0 aliphatic heterocycles. The van der Waals surface area contributed by atoms with Crippen molar-refractivity contribution < 1.29 is 13.2 Å². The van der Waals surface area contributed by atoms with Crippen molar-refractivity contribution in [1.82, 2.24) is 0 Å². The van der Waals surface area contributed by atoms with Crippen molar-refractivity contribution in [3.8, 4) is 11.1 Å². The summed E-state index contributed by atoms with van der Waals surface area (Å²) in [6.45, 7) is 2.28. The quantitative estimate of drug-likeness (QED) is 0.443. The second-order valence-electron chi connectivity index (χ2n) is 9.23. The van der Waals surface area contributed by atoms with Gasteiger partial charge in [0.1, 0.15) is 0 Å². The fourth-order valence-electron chi connectivity index (χ4n) is 5.71. The molecule has 29 heavy (non-hydrogen) atoms. The summed E-state index contributed by atoms with van der Waals surface area (Å²) < 4.78 is 40.3. The van der Waals surface area contributed by atoms with Crippen molar-refractivity contribution in [2.45, 2.75) is 70.6 Å². The molecule has 2 aliphatic rings. The Balaban J connectivity index is 1.41. The van der Waals surface area contributed by atoms with Gasteiger partial charge in [-0.15, -0.1) is 0 Å². The summed E-state index contributed by atoms with van der Waals surface area (Å²) in [5, 5.41) is 0. The number of fused-ring (bicyclic) bond motifs is 1. The summed E-state index contributed by atoms with van der Waals surface area (Å²) >= 11 is 0. The predicted molar refractivity (Wildman–Crippen MR) is 112 cm³/mol. The first-order valence-electron chi connectivity index (χ1n) is 11.3. The van der Waals surface area contributed by atoms with Gasteiger partial charge in [0.15, 0.2) is 17.5 Å². The largest absolute Gasteiger partial charge is 0.204 e. The third-order valence-corrected chi connectivity index (χ3v) is 7.39. The number of halogens is 3. The van der Waals surface area contributed by atoms with E-state index in [9.17, 15) is 13.2 Å². The molecule has 0 radical (unpaired) electrons. The van der Waals surface area contributed by atoms with E-state index in [0.717, 1.165) is 35.4 Å². The lowest BCUT2D eigenvalue weighted by atomic mass is 9.63. The van der Waals surface area contributed by atoms with Gasteiger partial charge in [0.25, 0.3) is 0 Å². The molecule has 4 rings (SSSR count). The normalized spacial score (nSPS) is 26.9. The zero-order chi connectivity index (χ0) is 20.4. The van der Waals surface area contributed by atoms with Crippen molar-refractivity contribution in [2.24, 2.45) is 17.8 Å². The van der Waals surface area contributed by atoms with Crippen molar-refractivity contribution in [3.63, 3.8) is 0 Å². The second kappa shape index (κ2) is 8.93. The summed E-state index contributed by atoms with van der Waals surface area (Å²) in [7, 11) is 0. The maximum atomic E-state index is 13.5. The number of benzene rings is 2. The summed E-state index contributed by atoms with van der Waals surface area (Å²) in [6.07, 6.45) is 12.1. The Labute approximate surface area is 172 Å². The van der Waals surface area contributed by atoms with Crippen molar-refractivity contribution >= 4 is 0 Å². The van der Waals surface area contributed by atoms with Gasteiger partial charge >= 0.3 is 0 Å². The molecule has 0 amide bonds. The lowest BCUT2D eigenvalue weighted by Crippen LogP contribution is -2.30. The van der Waals surface area contributed by atoms with E-state index in [2.05, 4.69) is 19.1 Å². The van der Waals surface area contributed by atoms with E-state index in [-0.39, 0.29) is 0 Å². The highest BCUT2D eigenvalue weighted by Gasteiger charge is 2.35. The lowest BCUT2D eigenvalue weighted by molar-refractivity contribution is 0.113. The highest BCUT2D eigenvalue weighted by molar-refractivity contribution is 5.64. The first-order chi connectivity index (χ1) is 14.0. The Kier molecular flexibility index (Phi) is 6.32. The van der Waals surface area contributed by atoms with Crippen LogP contribution in [-0.2, 0) is 0 Å². The van der Waals surface area contributed by atoms with Gasteiger partial charge in [0.05, 0.1) is 0 Å². The lowest BCUT2D eigenvalue weighted by Gasteiger charge is -2.42. The van der Waals surface area contributed by atoms with Crippen LogP contribution in [0.15, 0.2) is 36.4 Å². The van der Waals surface area contributed by atoms with Crippen LogP contribution in [0.1, 0.15) is 76.2 Å². The van der Waals surface area contributed by atoms with Gasteiger partial charge < -0.3 is 0 Å². The van der Waals surface area contributed by atoms with Gasteiger partial charge in [-0.2, -0.15) is 0 Å². The average molecular weight is 401 g/mol. The smallest absolute Gasteiger partial charge is 0.194 e. The summed E-state index contributed by atoms with van der Waals surface area (Å²) in [4.78, 5) is 0. The van der Waals surface area contributed by atoms with E-state index in [1.54, 1.807) is 0 Å². The standard InChI is InChI=1S/C26H31F3/c1-2-3-4-17-5-6-22-14-21(12-11-20(22)13-17)18-7-9-19(10-8-18)23-15-24(27)26(29)25(28)16-23/h7-10,15-17,20-22H,2-6,11-14H2,1H3. The minimum atomic E-state index is -1.41. The highest BCUT2D eigenvalue weighted by Crippen LogP contribution is 2.48. The van der Waals surface area contributed by atoms with E-state index in [0.29, 0.717) is 11.5 Å². The van der Waals surface area contributed by atoms with E-state index < -0.39 is 17.5 Å². The Morgan fingerprint density at radius 2 is 1.45 bits per heavy atom. The fraction of sp³-hybridized carbons (Fsp3) is 0.538. The number of hydrogen-bond acceptors (Lipinski definition) is 0. The predicted octanol–water partition coefficient (Wildman–Crippen LogP) is 8.26. The van der Waals surface area contributed by atoms with Crippen LogP contribution in [0.3, 0.4) is 0 Å². The number of rotatable bonds is 5. The van der Waals surface area contributed by atoms with Gasteiger partial charge in [0, 0.05) is 0 Å². The average Bonchev–Trinajstić information content (AvgIpc) is 2.75. The summed E-state index contributed by atoms with van der Waals surface area (Å²) in [6, 6.07) is 10.1. The fourth-order valence-corrected chi connectivity index (χ4v) is 5.71. The van der Waals surface area contributed by atoms with Crippen LogP contribution < -0.4 is 0 Å². The maximum Gasteiger partial charge on any atom is 0.194 e. The monoisotopic (exact) mass is 400 g/mol. The van der Waals surface area contributed by atoms with E-state index in [4.69, 9.17) is 0 Å². The minimum Gasteiger partial charge on any atom is -0.204 e. The maximum absolute atomic E-state index is 13.5. The van der Waals surface area contributed by atoms with Gasteiger partial charge in [-0.1, -0.05) is 56.9 Å². The zero-order valence-electron chi connectivity index (χ0n) is 17.3. The third-order valence-electron chi connectivity index (χ3n) is 7.39. The van der Waals surface area contributed by atoms with Crippen LogP contribution >= 0.6 is 0 Å². The summed E-state index contributed by atoms with van der Waals surface area (Å²) in [5.74, 6) is -0.402. The third kappa shape index (κ3) is 4.54. The van der Waals surface area contributed by atoms with Crippen molar-refractivity contribution in [2.75, 3.05) is 0 Å². The van der Waals surface area contributed by atoms with E-state index in [1.165, 1.54) is 63.4 Å². The SMILES string of the molecule is CCCCC1CCC2CC(c3ccc(-c4cc(F)c(F)c(F)c4)cc3)CCC2C1. The molecule has 2 aliphatic carbocycles. The Morgan fingerprint density at radius 1 is 0.793 bits per heavy atom. The van der Waals surface area contributed by atoms with Crippen LogP contribution in [0.25, 0.3) is 11.1 Å². The molecule has 2 saturated carbocycles. The molecule has 0 saturated heterocycles. The topological polar surface area (TPSA) is 0 Å². The zero-order valence-corrected chi connectivity index (χ0v) is 17.3. The van der Waals surface area contributed by atoms with Gasteiger partial charge in [-0.25, -0.2) is 13.2 Å². The Hall–Kier alpha value is -1.77. The molecule has 0 nitrogen and oxygen atoms in total. The molecule has 2 aromatic carbocycles. The van der Waals surface area contributed by atoms with Crippen LogP contribution in [0.2, 0.25) is 0 Å². The van der Waals surface area contributed by atoms with Crippen LogP contribution in [-0.4, -0.2) is 0 Å². The highest BCUT2D eigenvalue weighted by atomic mass is 19.2.